The molecule has 0 N–H and O–H groups in total. The molecule has 0 saturated carbocycles. The Hall–Kier alpha value is -0.0600. The van der Waals surface area contributed by atoms with E-state index in [-0.39, 0.29) is 5.97 Å². The van der Waals surface area contributed by atoms with E-state index in [0.29, 0.717) is 10.2 Å². The van der Waals surface area contributed by atoms with Crippen molar-refractivity contribution >= 4 is 28.6 Å². The Bertz CT molecular complexity index is 152. The van der Waals surface area contributed by atoms with Gasteiger partial charge in [-0.15, -0.1) is 0 Å². The minimum absolute atomic E-state index is 0.207. The van der Waals surface area contributed by atoms with Gasteiger partial charge in [-0.25, -0.2) is 4.79 Å². The molecule has 0 aromatic rings. The highest BCUT2D eigenvalue weighted by atomic mass is 127. The molecule has 11 heavy (non-hydrogen) atoms. The van der Waals surface area contributed by atoms with Crippen LogP contribution in [0.3, 0.4) is 0 Å². The molecule has 2 nitrogen and oxygen atoms in total. The van der Waals surface area contributed by atoms with Gasteiger partial charge < -0.3 is 4.74 Å². The number of carbonyl (C=O) groups is 1. The second kappa shape index (κ2) is 6.64. The average Bonchev–Trinajstić information content (AvgIpc) is 2.00. The lowest BCUT2D eigenvalue weighted by Gasteiger charge is -1.98. The summed E-state index contributed by atoms with van der Waals surface area (Å²) in [5, 5.41) is 0. The summed E-state index contributed by atoms with van der Waals surface area (Å²) >= 11 is 2.00. The van der Waals surface area contributed by atoms with Gasteiger partial charge in [-0.2, -0.15) is 0 Å². The van der Waals surface area contributed by atoms with Crippen molar-refractivity contribution in [3.05, 3.63) is 9.66 Å². The quantitative estimate of drug-likeness (QED) is 0.445. The van der Waals surface area contributed by atoms with Crippen LogP contribution in [0, 0.1) is 0 Å². The van der Waals surface area contributed by atoms with E-state index in [1.54, 1.807) is 0 Å². The Morgan fingerprint density at radius 2 is 2.18 bits per heavy atom. The average molecular weight is 268 g/mol. The van der Waals surface area contributed by atoms with Crippen molar-refractivity contribution in [2.24, 2.45) is 0 Å². The molecular formula is C8H13IO2. The Morgan fingerprint density at radius 1 is 1.55 bits per heavy atom. The minimum atomic E-state index is -0.207. The smallest absolute Gasteiger partial charge is 0.344 e. The van der Waals surface area contributed by atoms with E-state index in [1.807, 2.05) is 35.6 Å². The predicted octanol–water partition coefficient (Wildman–Crippen LogP) is 2.67. The number of esters is 1. The van der Waals surface area contributed by atoms with E-state index in [4.69, 9.17) is 4.74 Å². The largest absolute Gasteiger partial charge is 0.462 e. The first-order valence-corrected chi connectivity index (χ1v) is 4.83. The van der Waals surface area contributed by atoms with Crippen molar-refractivity contribution in [2.45, 2.75) is 26.7 Å². The van der Waals surface area contributed by atoms with Crippen LogP contribution >= 0.6 is 22.6 Å². The number of carbonyl (C=O) groups excluding carboxylic acids is 1. The van der Waals surface area contributed by atoms with Crippen molar-refractivity contribution < 1.29 is 9.53 Å². The van der Waals surface area contributed by atoms with E-state index >= 15 is 0 Å². The maximum atomic E-state index is 11.0. The monoisotopic (exact) mass is 268 g/mol. The first-order valence-electron chi connectivity index (χ1n) is 3.75. The summed E-state index contributed by atoms with van der Waals surface area (Å²) < 4.78 is 5.47. The number of hydrogen-bond acceptors (Lipinski definition) is 2. The fourth-order valence-corrected chi connectivity index (χ4v) is 1.02. The Kier molecular flexibility index (Phi) is 6.60. The highest BCUT2D eigenvalue weighted by Crippen LogP contribution is 2.09. The third-order valence-electron chi connectivity index (χ3n) is 1.08. The van der Waals surface area contributed by atoms with Crippen LogP contribution in [0.1, 0.15) is 26.7 Å². The zero-order chi connectivity index (χ0) is 8.69. The molecule has 3 heteroatoms. The normalized spacial score (nSPS) is 11.4. The molecular weight excluding hydrogens is 255 g/mol. The van der Waals surface area contributed by atoms with Crippen molar-refractivity contribution in [1.82, 2.24) is 0 Å². The molecule has 0 spiro atoms. The van der Waals surface area contributed by atoms with Gasteiger partial charge in [-0.3, -0.25) is 0 Å². The number of hydrogen-bond donors (Lipinski definition) is 0. The Balaban J connectivity index is 3.80. The molecule has 0 heterocycles. The molecule has 0 amide bonds. The van der Waals surface area contributed by atoms with E-state index in [9.17, 15) is 4.79 Å². The minimum Gasteiger partial charge on any atom is -0.462 e. The van der Waals surface area contributed by atoms with E-state index in [0.717, 1.165) is 12.8 Å². The molecule has 0 aromatic carbocycles. The fourth-order valence-electron chi connectivity index (χ4n) is 0.554. The van der Waals surface area contributed by atoms with E-state index in [1.165, 1.54) is 0 Å². The SMILES string of the molecule is CCC/C=C(\I)C(=O)OCC. The molecule has 0 fully saturated rings. The number of ether oxygens (including phenoxy) is 1. The molecule has 0 bridgehead atoms. The van der Waals surface area contributed by atoms with Crippen molar-refractivity contribution in [1.29, 1.82) is 0 Å². The summed E-state index contributed by atoms with van der Waals surface area (Å²) in [6.45, 7) is 4.33. The van der Waals surface area contributed by atoms with E-state index in [2.05, 4.69) is 6.92 Å². The number of halogens is 1. The predicted molar refractivity (Wildman–Crippen MR) is 53.6 cm³/mol. The number of rotatable bonds is 4. The lowest BCUT2D eigenvalue weighted by molar-refractivity contribution is -0.137. The second-order valence-corrected chi connectivity index (χ2v) is 3.22. The Labute approximate surface area is 81.1 Å². The molecule has 0 unspecified atom stereocenters. The third kappa shape index (κ3) is 5.24. The summed E-state index contributed by atoms with van der Waals surface area (Å²) in [6.07, 6.45) is 3.90. The van der Waals surface area contributed by atoms with Crippen LogP contribution in [-0.4, -0.2) is 12.6 Å². The molecule has 64 valence electrons. The first kappa shape index (κ1) is 10.9. The van der Waals surface area contributed by atoms with Crippen LogP contribution < -0.4 is 0 Å². The standard InChI is InChI=1S/C8H13IO2/c1-3-5-6-7(9)8(10)11-4-2/h6H,3-5H2,1-2H3/b7-6-. The highest BCUT2D eigenvalue weighted by Gasteiger charge is 2.04. The van der Waals surface area contributed by atoms with Gasteiger partial charge in [0.05, 0.1) is 10.2 Å². The molecule has 0 radical (unpaired) electrons. The van der Waals surface area contributed by atoms with Crippen LogP contribution in [0.15, 0.2) is 9.66 Å². The first-order chi connectivity index (χ1) is 5.22. The molecule has 0 aliphatic rings. The lowest BCUT2D eigenvalue weighted by atomic mass is 10.3. The highest BCUT2D eigenvalue weighted by molar-refractivity contribution is 14.1. The second-order valence-electron chi connectivity index (χ2n) is 2.06. The van der Waals surface area contributed by atoms with Gasteiger partial charge in [0, 0.05) is 0 Å². The summed E-state index contributed by atoms with van der Waals surface area (Å²) in [5.74, 6) is -0.207. The summed E-state index contributed by atoms with van der Waals surface area (Å²) in [6, 6.07) is 0. The van der Waals surface area contributed by atoms with Gasteiger partial charge in [0.2, 0.25) is 0 Å². The van der Waals surface area contributed by atoms with Crippen LogP contribution in [0.4, 0.5) is 0 Å². The number of unbranched alkanes of at least 4 members (excludes halogenated alkanes) is 1. The van der Waals surface area contributed by atoms with E-state index < -0.39 is 0 Å². The van der Waals surface area contributed by atoms with Crippen LogP contribution in [-0.2, 0) is 9.53 Å². The Morgan fingerprint density at radius 3 is 2.64 bits per heavy atom. The number of allylic oxidation sites excluding steroid dienone is 1. The van der Waals surface area contributed by atoms with Gasteiger partial charge in [0.15, 0.2) is 0 Å². The van der Waals surface area contributed by atoms with Gasteiger partial charge in [0.1, 0.15) is 0 Å². The molecule has 0 aliphatic carbocycles. The summed E-state index contributed by atoms with van der Waals surface area (Å²) in [5.41, 5.74) is 0. The molecule has 0 saturated heterocycles. The maximum Gasteiger partial charge on any atom is 0.344 e. The zero-order valence-electron chi connectivity index (χ0n) is 6.89. The van der Waals surface area contributed by atoms with Crippen LogP contribution in [0.2, 0.25) is 0 Å². The molecule has 0 aliphatic heterocycles. The fraction of sp³-hybridized carbons (Fsp3) is 0.625. The summed E-state index contributed by atoms with van der Waals surface area (Å²) in [7, 11) is 0. The van der Waals surface area contributed by atoms with Crippen molar-refractivity contribution in [2.75, 3.05) is 6.61 Å². The van der Waals surface area contributed by atoms with Gasteiger partial charge in [-0.05, 0) is 35.9 Å². The van der Waals surface area contributed by atoms with Gasteiger partial charge in [-0.1, -0.05) is 19.4 Å². The molecule has 0 aromatic heterocycles. The van der Waals surface area contributed by atoms with Gasteiger partial charge >= 0.3 is 5.97 Å². The van der Waals surface area contributed by atoms with Gasteiger partial charge in [0.25, 0.3) is 0 Å². The van der Waals surface area contributed by atoms with Crippen LogP contribution in [0.5, 0.6) is 0 Å². The maximum absolute atomic E-state index is 11.0. The topological polar surface area (TPSA) is 26.3 Å². The zero-order valence-corrected chi connectivity index (χ0v) is 9.05. The van der Waals surface area contributed by atoms with Crippen molar-refractivity contribution in [3.8, 4) is 0 Å². The molecule has 0 rings (SSSR count). The van der Waals surface area contributed by atoms with Crippen LogP contribution in [0.25, 0.3) is 0 Å². The lowest BCUT2D eigenvalue weighted by Crippen LogP contribution is -2.02. The summed E-state index contributed by atoms with van der Waals surface area (Å²) in [4.78, 5) is 11.0. The van der Waals surface area contributed by atoms with Crippen molar-refractivity contribution in [3.63, 3.8) is 0 Å². The third-order valence-corrected chi connectivity index (χ3v) is 1.96. The molecule has 0 atom stereocenters.